The van der Waals surface area contributed by atoms with E-state index in [1.165, 1.54) is 31.3 Å². The Morgan fingerprint density at radius 3 is 2.89 bits per heavy atom. The summed E-state index contributed by atoms with van der Waals surface area (Å²) < 4.78 is 19.8. The van der Waals surface area contributed by atoms with Crippen molar-refractivity contribution < 1.29 is 18.7 Å². The Morgan fingerprint density at radius 1 is 1.30 bits per heavy atom. The maximum absolute atomic E-state index is 13.9. The Hall–Kier alpha value is -3.23. The first-order chi connectivity index (χ1) is 13.0. The van der Waals surface area contributed by atoms with Gasteiger partial charge in [0, 0.05) is 37.5 Å². The Kier molecular flexibility index (Phi) is 5.80. The molecule has 0 saturated carbocycles. The van der Waals surface area contributed by atoms with E-state index in [0.717, 1.165) is 12.8 Å². The molecule has 1 atom stereocenters. The summed E-state index contributed by atoms with van der Waals surface area (Å²) in [6.45, 7) is 2.68. The SMILES string of the molecule is CC(=O)N1CCCC(Oc2cc(F)cc(NC(=O)Nc3cccnn3)c2)C1. The first kappa shape index (κ1) is 18.6. The molecule has 2 N–H and O–H groups in total. The third kappa shape index (κ3) is 5.37. The number of hydrogen-bond acceptors (Lipinski definition) is 5. The lowest BCUT2D eigenvalue weighted by molar-refractivity contribution is -0.131. The fourth-order valence-electron chi connectivity index (χ4n) is 2.86. The van der Waals surface area contributed by atoms with Crippen molar-refractivity contribution in [2.45, 2.75) is 25.9 Å². The summed E-state index contributed by atoms with van der Waals surface area (Å²) in [5, 5.41) is 12.4. The number of aromatic nitrogens is 2. The summed E-state index contributed by atoms with van der Waals surface area (Å²) >= 11 is 0. The lowest BCUT2D eigenvalue weighted by Crippen LogP contribution is -2.43. The van der Waals surface area contributed by atoms with Crippen LogP contribution in [0.25, 0.3) is 0 Å². The number of piperidine rings is 1. The minimum Gasteiger partial charge on any atom is -0.488 e. The number of hydrogen-bond donors (Lipinski definition) is 2. The van der Waals surface area contributed by atoms with Gasteiger partial charge in [-0.15, -0.1) is 5.10 Å². The van der Waals surface area contributed by atoms with Crippen LogP contribution in [0.15, 0.2) is 36.5 Å². The minimum atomic E-state index is -0.576. The van der Waals surface area contributed by atoms with Crippen molar-refractivity contribution in [3.8, 4) is 5.75 Å². The first-order valence-corrected chi connectivity index (χ1v) is 8.58. The molecule has 0 spiro atoms. The topological polar surface area (TPSA) is 96.5 Å². The minimum absolute atomic E-state index is 0.00872. The van der Waals surface area contributed by atoms with Gasteiger partial charge >= 0.3 is 6.03 Å². The average molecular weight is 373 g/mol. The molecule has 1 saturated heterocycles. The van der Waals surface area contributed by atoms with E-state index in [1.807, 2.05) is 0 Å². The molecule has 2 aromatic rings. The van der Waals surface area contributed by atoms with Crippen molar-refractivity contribution >= 4 is 23.4 Å². The molecule has 2 heterocycles. The smallest absolute Gasteiger partial charge is 0.324 e. The highest BCUT2D eigenvalue weighted by Gasteiger charge is 2.23. The first-order valence-electron chi connectivity index (χ1n) is 8.58. The number of carbonyl (C=O) groups excluding carboxylic acids is 2. The van der Waals surface area contributed by atoms with Crippen LogP contribution in [-0.2, 0) is 4.79 Å². The lowest BCUT2D eigenvalue weighted by Gasteiger charge is -2.32. The fourth-order valence-corrected chi connectivity index (χ4v) is 2.86. The van der Waals surface area contributed by atoms with E-state index in [0.29, 0.717) is 18.8 Å². The molecule has 1 aromatic carbocycles. The van der Waals surface area contributed by atoms with Crippen molar-refractivity contribution in [1.82, 2.24) is 15.1 Å². The molecule has 3 rings (SSSR count). The summed E-state index contributed by atoms with van der Waals surface area (Å²) in [5.74, 6) is 0.0155. The van der Waals surface area contributed by atoms with Crippen LogP contribution in [-0.4, -0.2) is 46.2 Å². The van der Waals surface area contributed by atoms with Gasteiger partial charge in [-0.05, 0) is 31.0 Å². The van der Waals surface area contributed by atoms with Crippen LogP contribution in [0.5, 0.6) is 5.75 Å². The number of urea groups is 1. The number of nitrogens with one attached hydrogen (secondary N) is 2. The summed E-state index contributed by atoms with van der Waals surface area (Å²) in [4.78, 5) is 25.2. The van der Waals surface area contributed by atoms with Crippen LogP contribution in [0.3, 0.4) is 0 Å². The second-order valence-electron chi connectivity index (χ2n) is 6.21. The second kappa shape index (κ2) is 8.43. The highest BCUT2D eigenvalue weighted by Crippen LogP contribution is 2.24. The highest BCUT2D eigenvalue weighted by atomic mass is 19.1. The molecule has 0 bridgehead atoms. The van der Waals surface area contributed by atoms with Crippen LogP contribution in [0.4, 0.5) is 20.7 Å². The second-order valence-corrected chi connectivity index (χ2v) is 6.21. The molecule has 142 valence electrons. The van der Waals surface area contributed by atoms with Gasteiger partial charge in [0.1, 0.15) is 17.7 Å². The Morgan fingerprint density at radius 2 is 2.15 bits per heavy atom. The maximum atomic E-state index is 13.9. The largest absolute Gasteiger partial charge is 0.488 e. The van der Waals surface area contributed by atoms with E-state index in [1.54, 1.807) is 17.0 Å². The van der Waals surface area contributed by atoms with Crippen LogP contribution in [0.1, 0.15) is 19.8 Å². The number of anilines is 2. The normalized spacial score (nSPS) is 16.5. The van der Waals surface area contributed by atoms with E-state index in [-0.39, 0.29) is 23.5 Å². The van der Waals surface area contributed by atoms with E-state index < -0.39 is 11.8 Å². The van der Waals surface area contributed by atoms with Gasteiger partial charge in [-0.3, -0.25) is 10.1 Å². The van der Waals surface area contributed by atoms with Crippen molar-refractivity contribution in [3.63, 3.8) is 0 Å². The number of benzene rings is 1. The Balaban J connectivity index is 1.63. The number of amides is 3. The molecular formula is C18H20FN5O3. The number of nitrogens with zero attached hydrogens (tertiary/aromatic N) is 3. The van der Waals surface area contributed by atoms with Crippen LogP contribution in [0, 0.1) is 5.82 Å². The molecule has 0 radical (unpaired) electrons. The fraction of sp³-hybridized carbons (Fsp3) is 0.333. The zero-order valence-corrected chi connectivity index (χ0v) is 14.8. The maximum Gasteiger partial charge on any atom is 0.324 e. The van der Waals surface area contributed by atoms with E-state index >= 15 is 0 Å². The monoisotopic (exact) mass is 373 g/mol. The zero-order valence-electron chi connectivity index (χ0n) is 14.8. The number of ether oxygens (including phenoxy) is 1. The average Bonchev–Trinajstić information content (AvgIpc) is 2.62. The predicted octanol–water partition coefficient (Wildman–Crippen LogP) is 2.65. The van der Waals surface area contributed by atoms with Gasteiger partial charge in [0.2, 0.25) is 5.91 Å². The summed E-state index contributed by atoms with van der Waals surface area (Å²) in [6.07, 6.45) is 2.87. The van der Waals surface area contributed by atoms with E-state index in [9.17, 15) is 14.0 Å². The molecule has 1 aromatic heterocycles. The molecule has 0 aliphatic carbocycles. The number of carbonyl (C=O) groups is 2. The van der Waals surface area contributed by atoms with Gasteiger partial charge in [-0.25, -0.2) is 9.18 Å². The summed E-state index contributed by atoms with van der Waals surface area (Å²) in [7, 11) is 0. The zero-order chi connectivity index (χ0) is 19.2. The van der Waals surface area contributed by atoms with Gasteiger partial charge in [0.05, 0.1) is 6.54 Å². The number of likely N-dealkylation sites (tertiary alicyclic amines) is 1. The quantitative estimate of drug-likeness (QED) is 0.859. The number of rotatable bonds is 4. The Labute approximate surface area is 155 Å². The molecule has 3 amide bonds. The van der Waals surface area contributed by atoms with Gasteiger partial charge in [-0.2, -0.15) is 5.10 Å². The summed E-state index contributed by atoms with van der Waals surface area (Å²) in [5.41, 5.74) is 0.241. The third-order valence-corrected chi connectivity index (χ3v) is 4.07. The van der Waals surface area contributed by atoms with Crippen molar-refractivity contribution in [3.05, 3.63) is 42.3 Å². The van der Waals surface area contributed by atoms with Crippen LogP contribution in [0.2, 0.25) is 0 Å². The van der Waals surface area contributed by atoms with E-state index in [2.05, 4.69) is 20.8 Å². The van der Waals surface area contributed by atoms with Gasteiger partial charge in [0.25, 0.3) is 0 Å². The molecule has 1 aliphatic heterocycles. The number of halogens is 1. The van der Waals surface area contributed by atoms with Crippen molar-refractivity contribution in [2.24, 2.45) is 0 Å². The molecule has 9 heteroatoms. The van der Waals surface area contributed by atoms with Crippen molar-refractivity contribution in [1.29, 1.82) is 0 Å². The molecular weight excluding hydrogens is 353 g/mol. The van der Waals surface area contributed by atoms with Crippen LogP contribution < -0.4 is 15.4 Å². The third-order valence-electron chi connectivity index (χ3n) is 4.07. The van der Waals surface area contributed by atoms with Gasteiger partial charge in [0.15, 0.2) is 5.82 Å². The van der Waals surface area contributed by atoms with Crippen LogP contribution >= 0.6 is 0 Å². The van der Waals surface area contributed by atoms with Gasteiger partial charge < -0.3 is 15.0 Å². The predicted molar refractivity (Wildman–Crippen MR) is 97.0 cm³/mol. The van der Waals surface area contributed by atoms with Crippen molar-refractivity contribution in [2.75, 3.05) is 23.7 Å². The highest BCUT2D eigenvalue weighted by molar-refractivity contribution is 5.99. The summed E-state index contributed by atoms with van der Waals surface area (Å²) in [6, 6.07) is 6.60. The van der Waals surface area contributed by atoms with E-state index in [4.69, 9.17) is 4.74 Å². The lowest BCUT2D eigenvalue weighted by atomic mass is 10.1. The molecule has 1 aliphatic rings. The molecule has 8 nitrogen and oxygen atoms in total. The van der Waals surface area contributed by atoms with Gasteiger partial charge in [-0.1, -0.05) is 0 Å². The molecule has 27 heavy (non-hydrogen) atoms. The standard InChI is InChI=1S/C18H20FN5O3/c1-12(25)24-7-3-4-15(11-24)27-16-9-13(19)8-14(10-16)21-18(26)22-17-5-2-6-20-23-17/h2,5-6,8-10,15H,3-4,7,11H2,1H3,(H2,21,22,23,26). The molecule has 1 unspecified atom stereocenters. The Bertz CT molecular complexity index is 818. The molecule has 1 fully saturated rings.